The highest BCUT2D eigenvalue weighted by Gasteiger charge is 2.68. The smallest absolute Gasteiger partial charge is 0.156 e. The zero-order chi connectivity index (χ0) is 18.2. The van der Waals surface area contributed by atoms with Crippen LogP contribution in [0.4, 0.5) is 4.39 Å². The van der Waals surface area contributed by atoms with Gasteiger partial charge in [0.2, 0.25) is 0 Å². The standard InChI is InChI=1S/C21H31FO3/c1-4-21(25)17(24)11-15-12-5-6-14-18(22)16(23)8-9-19(14,2)13(12)7-10-20(15,21)3/h1,12-18,23-25H,5-11H2,2-3H3/t12-,13+,14?,15+,16+,17+,18+,19-,20+,21+/m1/s1. The Morgan fingerprint density at radius 1 is 1.00 bits per heavy atom. The van der Waals surface area contributed by atoms with Gasteiger partial charge in [0, 0.05) is 5.41 Å². The first-order valence-electron chi connectivity index (χ1n) is 9.89. The van der Waals surface area contributed by atoms with Crippen LogP contribution in [0.1, 0.15) is 58.8 Å². The second kappa shape index (κ2) is 5.44. The Morgan fingerprint density at radius 2 is 1.72 bits per heavy atom. The molecule has 0 spiro atoms. The first-order chi connectivity index (χ1) is 11.7. The fourth-order valence-electron chi connectivity index (χ4n) is 7.55. The van der Waals surface area contributed by atoms with E-state index in [2.05, 4.69) is 12.8 Å². The molecule has 4 aliphatic carbocycles. The molecule has 0 aromatic carbocycles. The number of hydrogen-bond acceptors (Lipinski definition) is 3. The molecule has 0 saturated heterocycles. The first-order valence-corrected chi connectivity index (χ1v) is 9.89. The van der Waals surface area contributed by atoms with Crippen LogP contribution in [-0.2, 0) is 0 Å². The normalized spacial score (nSPS) is 60.9. The molecule has 0 amide bonds. The monoisotopic (exact) mass is 350 g/mol. The van der Waals surface area contributed by atoms with Gasteiger partial charge in [-0.2, -0.15) is 0 Å². The number of aliphatic hydroxyl groups excluding tert-OH is 2. The van der Waals surface area contributed by atoms with Gasteiger partial charge in [0.25, 0.3) is 0 Å². The molecule has 0 aliphatic heterocycles. The second-order valence-corrected chi connectivity index (χ2v) is 9.74. The van der Waals surface area contributed by atoms with Gasteiger partial charge in [-0.1, -0.05) is 19.8 Å². The van der Waals surface area contributed by atoms with E-state index in [1.54, 1.807) is 0 Å². The highest BCUT2D eigenvalue weighted by Crippen LogP contribution is 2.68. The molecule has 4 heteroatoms. The number of fused-ring (bicyclic) bond motifs is 5. The van der Waals surface area contributed by atoms with E-state index >= 15 is 0 Å². The highest BCUT2D eigenvalue weighted by molar-refractivity contribution is 5.27. The number of terminal acetylenes is 1. The van der Waals surface area contributed by atoms with Crippen molar-refractivity contribution in [3.05, 3.63) is 0 Å². The van der Waals surface area contributed by atoms with E-state index in [9.17, 15) is 19.7 Å². The number of halogens is 1. The quantitative estimate of drug-likeness (QED) is 0.589. The van der Waals surface area contributed by atoms with Crippen LogP contribution >= 0.6 is 0 Å². The van der Waals surface area contributed by atoms with Gasteiger partial charge in [-0.15, -0.1) is 6.42 Å². The summed E-state index contributed by atoms with van der Waals surface area (Å²) in [4.78, 5) is 0. The number of rotatable bonds is 0. The molecule has 1 unspecified atom stereocenters. The molecule has 3 N–H and O–H groups in total. The summed E-state index contributed by atoms with van der Waals surface area (Å²) >= 11 is 0. The Balaban J connectivity index is 1.68. The van der Waals surface area contributed by atoms with E-state index in [1.165, 1.54) is 0 Å². The van der Waals surface area contributed by atoms with Gasteiger partial charge in [-0.3, -0.25) is 0 Å². The van der Waals surface area contributed by atoms with Crippen LogP contribution in [0.15, 0.2) is 0 Å². The minimum absolute atomic E-state index is 0.0697. The predicted molar refractivity (Wildman–Crippen MR) is 93.2 cm³/mol. The summed E-state index contributed by atoms with van der Waals surface area (Å²) in [7, 11) is 0. The Bertz CT molecular complexity index is 602. The lowest BCUT2D eigenvalue weighted by molar-refractivity contribution is -0.169. The van der Waals surface area contributed by atoms with Gasteiger partial charge in [0.15, 0.2) is 5.60 Å². The van der Waals surface area contributed by atoms with E-state index in [-0.39, 0.29) is 17.3 Å². The van der Waals surface area contributed by atoms with Gasteiger partial charge >= 0.3 is 0 Å². The van der Waals surface area contributed by atoms with E-state index < -0.39 is 29.4 Å². The maximum absolute atomic E-state index is 14.7. The molecule has 0 heterocycles. The van der Waals surface area contributed by atoms with Crippen LogP contribution in [0.2, 0.25) is 0 Å². The summed E-state index contributed by atoms with van der Waals surface area (Å²) < 4.78 is 14.7. The van der Waals surface area contributed by atoms with Crippen molar-refractivity contribution in [2.24, 2.45) is 34.5 Å². The first kappa shape index (κ1) is 17.8. The second-order valence-electron chi connectivity index (χ2n) is 9.74. The number of alkyl halides is 1. The van der Waals surface area contributed by atoms with Crippen LogP contribution in [0, 0.1) is 46.8 Å². The predicted octanol–water partition coefficient (Wildman–Crippen LogP) is 2.67. The third-order valence-electron chi connectivity index (χ3n) is 9.11. The van der Waals surface area contributed by atoms with Gasteiger partial charge in [0.1, 0.15) is 6.17 Å². The topological polar surface area (TPSA) is 60.7 Å². The summed E-state index contributed by atoms with van der Waals surface area (Å²) in [5, 5.41) is 31.5. The van der Waals surface area contributed by atoms with E-state index in [4.69, 9.17) is 6.42 Å². The molecule has 4 aliphatic rings. The molecular weight excluding hydrogens is 319 g/mol. The van der Waals surface area contributed by atoms with Crippen molar-refractivity contribution in [1.82, 2.24) is 0 Å². The maximum atomic E-state index is 14.7. The molecule has 0 radical (unpaired) electrons. The molecule has 10 atom stereocenters. The highest BCUT2D eigenvalue weighted by atomic mass is 19.1. The van der Waals surface area contributed by atoms with Gasteiger partial charge in [0.05, 0.1) is 12.2 Å². The van der Waals surface area contributed by atoms with Crippen molar-refractivity contribution in [3.63, 3.8) is 0 Å². The Kier molecular flexibility index (Phi) is 3.87. The number of hydrogen-bond donors (Lipinski definition) is 3. The number of aliphatic hydroxyl groups is 3. The van der Waals surface area contributed by atoms with E-state index in [0.29, 0.717) is 24.7 Å². The Labute approximate surface area is 150 Å². The molecule has 3 nitrogen and oxygen atoms in total. The lowest BCUT2D eigenvalue weighted by atomic mass is 9.44. The average molecular weight is 350 g/mol. The molecule has 25 heavy (non-hydrogen) atoms. The van der Waals surface area contributed by atoms with Crippen LogP contribution < -0.4 is 0 Å². The summed E-state index contributed by atoms with van der Waals surface area (Å²) in [5.74, 6) is 3.40. The summed E-state index contributed by atoms with van der Waals surface area (Å²) in [6.45, 7) is 4.26. The summed E-state index contributed by atoms with van der Waals surface area (Å²) in [6.07, 6.45) is 8.17. The molecule has 4 saturated carbocycles. The minimum atomic E-state index is -1.45. The largest absolute Gasteiger partial charge is 0.390 e. The fraction of sp³-hybridized carbons (Fsp3) is 0.905. The Morgan fingerprint density at radius 3 is 2.40 bits per heavy atom. The molecule has 140 valence electrons. The van der Waals surface area contributed by atoms with Crippen molar-refractivity contribution in [3.8, 4) is 12.3 Å². The summed E-state index contributed by atoms with van der Waals surface area (Å²) in [6, 6.07) is 0. The molecule has 0 bridgehead atoms. The van der Waals surface area contributed by atoms with Crippen LogP contribution in [0.25, 0.3) is 0 Å². The molecular formula is C21H31FO3. The van der Waals surface area contributed by atoms with Crippen LogP contribution in [0.3, 0.4) is 0 Å². The molecule has 4 fully saturated rings. The van der Waals surface area contributed by atoms with Crippen molar-refractivity contribution in [2.75, 3.05) is 0 Å². The van der Waals surface area contributed by atoms with E-state index in [0.717, 1.165) is 32.1 Å². The zero-order valence-electron chi connectivity index (χ0n) is 15.3. The fourth-order valence-corrected chi connectivity index (χ4v) is 7.55. The maximum Gasteiger partial charge on any atom is 0.156 e. The van der Waals surface area contributed by atoms with Crippen LogP contribution in [0.5, 0.6) is 0 Å². The Hall–Kier alpha value is -0.630. The van der Waals surface area contributed by atoms with Crippen molar-refractivity contribution < 1.29 is 19.7 Å². The van der Waals surface area contributed by atoms with Gasteiger partial charge < -0.3 is 15.3 Å². The SMILES string of the molecule is C#C[C@]1(O)[C@@H](O)C[C@H]2[C@@H]3CCC4[C@H](F)[C@@H](O)CC[C@]4(C)[C@H]3CC[C@@]21C. The van der Waals surface area contributed by atoms with Gasteiger partial charge in [-0.05, 0) is 74.0 Å². The average Bonchev–Trinajstić information content (AvgIpc) is 2.79. The van der Waals surface area contributed by atoms with Crippen LogP contribution in [-0.4, -0.2) is 39.3 Å². The van der Waals surface area contributed by atoms with Crippen molar-refractivity contribution in [2.45, 2.75) is 82.8 Å². The lowest BCUT2D eigenvalue weighted by Gasteiger charge is -2.61. The van der Waals surface area contributed by atoms with Crippen molar-refractivity contribution >= 4 is 0 Å². The molecule has 0 aromatic rings. The minimum Gasteiger partial charge on any atom is -0.390 e. The third-order valence-corrected chi connectivity index (χ3v) is 9.11. The third kappa shape index (κ3) is 2.04. The van der Waals surface area contributed by atoms with Crippen molar-refractivity contribution in [1.29, 1.82) is 0 Å². The molecule has 4 rings (SSSR count). The van der Waals surface area contributed by atoms with E-state index in [1.807, 2.05) is 6.92 Å². The molecule has 0 aromatic heterocycles. The van der Waals surface area contributed by atoms with Gasteiger partial charge in [-0.25, -0.2) is 4.39 Å². The lowest BCUT2D eigenvalue weighted by Crippen LogP contribution is -2.59. The zero-order valence-corrected chi connectivity index (χ0v) is 15.3. The summed E-state index contributed by atoms with van der Waals surface area (Å²) in [5.41, 5.74) is -2.01.